The predicted octanol–water partition coefficient (Wildman–Crippen LogP) is 0.597. The van der Waals surface area contributed by atoms with E-state index in [2.05, 4.69) is 14.8 Å². The summed E-state index contributed by atoms with van der Waals surface area (Å²) in [6.45, 7) is -2.31. The number of carboxylic acids is 1. The molecule has 1 aromatic heterocycles. The Morgan fingerprint density at radius 1 is 1.06 bits per heavy atom. The van der Waals surface area contributed by atoms with Crippen molar-refractivity contribution in [3.63, 3.8) is 0 Å². The number of rotatable bonds is 12. The SMILES string of the molecule is COCC(=O)Nc1cccn(CC(=O)NC(CC(=O)O)C(=O)COc2c(F)c(F)cc(F)c2F)c1=O. The Bertz CT molecular complexity index is 1210. The average molecular weight is 517 g/mol. The third-order valence-corrected chi connectivity index (χ3v) is 4.42. The molecule has 0 spiro atoms. The van der Waals surface area contributed by atoms with Gasteiger partial charge in [-0.1, -0.05) is 0 Å². The van der Waals surface area contributed by atoms with Crippen LogP contribution in [0.3, 0.4) is 0 Å². The molecule has 3 N–H and O–H groups in total. The fourth-order valence-corrected chi connectivity index (χ4v) is 2.81. The maximum absolute atomic E-state index is 13.7. The average Bonchev–Trinajstić information content (AvgIpc) is 2.79. The number of hydrogen-bond acceptors (Lipinski definition) is 7. The van der Waals surface area contributed by atoms with Gasteiger partial charge in [0.2, 0.25) is 23.4 Å². The normalized spacial score (nSPS) is 11.5. The highest BCUT2D eigenvalue weighted by molar-refractivity contribution is 5.93. The van der Waals surface area contributed by atoms with Crippen LogP contribution in [0.25, 0.3) is 0 Å². The Hall–Kier alpha value is -4.27. The first-order valence-electron chi connectivity index (χ1n) is 9.92. The van der Waals surface area contributed by atoms with E-state index < -0.39 is 83.8 Å². The van der Waals surface area contributed by atoms with Gasteiger partial charge in [-0.2, -0.15) is 8.78 Å². The number of halogens is 4. The second-order valence-electron chi connectivity index (χ2n) is 7.11. The van der Waals surface area contributed by atoms with Crippen LogP contribution < -0.4 is 20.9 Å². The number of carbonyl (C=O) groups excluding carboxylic acids is 3. The van der Waals surface area contributed by atoms with E-state index in [0.29, 0.717) is 0 Å². The summed E-state index contributed by atoms with van der Waals surface area (Å²) in [4.78, 5) is 59.9. The number of aliphatic carboxylic acids is 1. The Labute approximate surface area is 199 Å². The summed E-state index contributed by atoms with van der Waals surface area (Å²) in [6.07, 6.45) is 0.188. The number of methoxy groups -OCH3 is 1. The summed E-state index contributed by atoms with van der Waals surface area (Å²) < 4.78 is 64.0. The lowest BCUT2D eigenvalue weighted by molar-refractivity contribution is -0.140. The summed E-state index contributed by atoms with van der Waals surface area (Å²) in [7, 11) is 1.26. The van der Waals surface area contributed by atoms with Gasteiger partial charge in [0.15, 0.2) is 23.2 Å². The van der Waals surface area contributed by atoms with Gasteiger partial charge in [-0.05, 0) is 12.1 Å². The zero-order valence-electron chi connectivity index (χ0n) is 18.5. The first kappa shape index (κ1) is 28.0. The Balaban J connectivity index is 2.12. The monoisotopic (exact) mass is 517 g/mol. The molecule has 0 saturated heterocycles. The number of ether oxygens (including phenoxy) is 2. The number of Topliss-reactive ketones (excluding diaryl/α,β-unsaturated/α-hetero) is 1. The molecule has 0 aliphatic rings. The number of carbonyl (C=O) groups is 4. The van der Waals surface area contributed by atoms with Crippen LogP contribution in [0.1, 0.15) is 6.42 Å². The van der Waals surface area contributed by atoms with Crippen molar-refractivity contribution >= 4 is 29.3 Å². The number of pyridine rings is 1. The largest absolute Gasteiger partial charge is 0.481 e. The van der Waals surface area contributed by atoms with Crippen molar-refractivity contribution in [3.05, 3.63) is 58.0 Å². The molecule has 1 atom stereocenters. The molecule has 1 unspecified atom stereocenters. The number of nitrogens with zero attached hydrogens (tertiary/aromatic N) is 1. The third kappa shape index (κ3) is 7.36. The van der Waals surface area contributed by atoms with Crippen LogP contribution >= 0.6 is 0 Å². The number of benzene rings is 1. The van der Waals surface area contributed by atoms with Crippen molar-refractivity contribution in [2.75, 3.05) is 25.6 Å². The maximum atomic E-state index is 13.7. The van der Waals surface area contributed by atoms with E-state index >= 15 is 0 Å². The molecular formula is C21H19F4N3O8. The van der Waals surface area contributed by atoms with Crippen molar-refractivity contribution in [1.29, 1.82) is 0 Å². The predicted molar refractivity (Wildman–Crippen MR) is 112 cm³/mol. The lowest BCUT2D eigenvalue weighted by Crippen LogP contribution is -2.46. The number of nitrogens with one attached hydrogen (secondary N) is 2. The summed E-state index contributed by atoms with van der Waals surface area (Å²) in [5, 5.41) is 13.3. The quantitative estimate of drug-likeness (QED) is 0.273. The van der Waals surface area contributed by atoms with E-state index in [4.69, 9.17) is 5.11 Å². The summed E-state index contributed by atoms with van der Waals surface area (Å²) in [5.41, 5.74) is -0.995. The van der Waals surface area contributed by atoms with Gasteiger partial charge in [-0.25, -0.2) is 8.78 Å². The Morgan fingerprint density at radius 2 is 1.69 bits per heavy atom. The number of anilines is 1. The van der Waals surface area contributed by atoms with E-state index in [-0.39, 0.29) is 18.4 Å². The third-order valence-electron chi connectivity index (χ3n) is 4.42. The topological polar surface area (TPSA) is 153 Å². The van der Waals surface area contributed by atoms with Crippen LogP contribution in [0, 0.1) is 23.3 Å². The number of amides is 2. The zero-order chi connectivity index (χ0) is 27.0. The molecule has 0 bridgehead atoms. The highest BCUT2D eigenvalue weighted by Crippen LogP contribution is 2.26. The highest BCUT2D eigenvalue weighted by Gasteiger charge is 2.27. The molecule has 0 radical (unpaired) electrons. The summed E-state index contributed by atoms with van der Waals surface area (Å²) >= 11 is 0. The van der Waals surface area contributed by atoms with Crippen LogP contribution in [0.15, 0.2) is 29.2 Å². The molecule has 0 fully saturated rings. The first-order valence-corrected chi connectivity index (χ1v) is 9.92. The van der Waals surface area contributed by atoms with Crippen LogP contribution in [-0.2, 0) is 30.5 Å². The minimum atomic E-state index is -1.92. The lowest BCUT2D eigenvalue weighted by atomic mass is 10.1. The molecule has 15 heteroatoms. The van der Waals surface area contributed by atoms with Crippen LogP contribution in [0.5, 0.6) is 5.75 Å². The lowest BCUT2D eigenvalue weighted by Gasteiger charge is -2.17. The van der Waals surface area contributed by atoms with E-state index in [0.717, 1.165) is 4.57 Å². The van der Waals surface area contributed by atoms with Crippen molar-refractivity contribution in [2.45, 2.75) is 19.0 Å². The minimum absolute atomic E-state index is 0.0766. The second kappa shape index (κ2) is 12.4. The fraction of sp³-hybridized carbons (Fsp3) is 0.286. The molecule has 0 aliphatic heterocycles. The first-order chi connectivity index (χ1) is 16.9. The smallest absolute Gasteiger partial charge is 0.305 e. The Kier molecular flexibility index (Phi) is 9.66. The second-order valence-corrected chi connectivity index (χ2v) is 7.11. The van der Waals surface area contributed by atoms with Gasteiger partial charge in [0.1, 0.15) is 31.5 Å². The summed E-state index contributed by atoms with van der Waals surface area (Å²) in [5.74, 6) is -13.4. The van der Waals surface area contributed by atoms with Gasteiger partial charge in [-0.3, -0.25) is 24.0 Å². The van der Waals surface area contributed by atoms with Gasteiger partial charge < -0.3 is 29.8 Å². The summed E-state index contributed by atoms with van der Waals surface area (Å²) in [6, 6.07) is 0.713. The van der Waals surface area contributed by atoms with Crippen LogP contribution in [-0.4, -0.2) is 59.6 Å². The van der Waals surface area contributed by atoms with Gasteiger partial charge in [-0.15, -0.1) is 0 Å². The zero-order valence-corrected chi connectivity index (χ0v) is 18.5. The molecule has 11 nitrogen and oxygen atoms in total. The Morgan fingerprint density at radius 3 is 2.28 bits per heavy atom. The molecule has 0 saturated carbocycles. The molecule has 194 valence electrons. The minimum Gasteiger partial charge on any atom is -0.481 e. The van der Waals surface area contributed by atoms with Gasteiger partial charge in [0.05, 0.1) is 6.42 Å². The number of hydrogen-bond donors (Lipinski definition) is 3. The van der Waals surface area contributed by atoms with E-state index in [1.54, 1.807) is 0 Å². The number of aromatic nitrogens is 1. The van der Waals surface area contributed by atoms with Crippen molar-refractivity contribution in [2.24, 2.45) is 0 Å². The highest BCUT2D eigenvalue weighted by atomic mass is 19.2. The van der Waals surface area contributed by atoms with E-state index in [9.17, 15) is 41.5 Å². The maximum Gasteiger partial charge on any atom is 0.305 e. The van der Waals surface area contributed by atoms with Crippen LogP contribution in [0.2, 0.25) is 0 Å². The van der Waals surface area contributed by atoms with Gasteiger partial charge in [0.25, 0.3) is 5.56 Å². The molecule has 1 aromatic carbocycles. The van der Waals surface area contributed by atoms with E-state index in [1.807, 2.05) is 5.32 Å². The molecule has 0 aliphatic carbocycles. The molecule has 2 rings (SSSR count). The standard InChI is InChI=1S/C21H19F4N3O8/c1-35-9-16(31)26-12-3-2-4-28(21(12)34)7-15(30)27-13(6-17(32)33)14(29)8-36-20-18(24)10(22)5-11(23)19(20)25/h2-5,13H,6-9H2,1H3,(H,26,31)(H,27,30)(H,32,33). The fourth-order valence-electron chi connectivity index (χ4n) is 2.81. The molecule has 2 aromatic rings. The molecule has 2 amide bonds. The number of ketones is 1. The van der Waals surface area contributed by atoms with Gasteiger partial charge in [0, 0.05) is 19.4 Å². The molecule has 1 heterocycles. The molecular weight excluding hydrogens is 498 g/mol. The van der Waals surface area contributed by atoms with Crippen LogP contribution in [0.4, 0.5) is 23.2 Å². The van der Waals surface area contributed by atoms with Crippen molar-refractivity contribution in [1.82, 2.24) is 9.88 Å². The van der Waals surface area contributed by atoms with E-state index in [1.165, 1.54) is 25.4 Å². The van der Waals surface area contributed by atoms with Crippen molar-refractivity contribution < 1.29 is 51.3 Å². The van der Waals surface area contributed by atoms with Crippen molar-refractivity contribution in [3.8, 4) is 5.75 Å². The number of carboxylic acid groups (broad SMARTS) is 1. The van der Waals surface area contributed by atoms with Gasteiger partial charge >= 0.3 is 5.97 Å². The molecule has 36 heavy (non-hydrogen) atoms.